The van der Waals surface area contributed by atoms with Crippen molar-refractivity contribution in [3.8, 4) is 0 Å². The summed E-state index contributed by atoms with van der Waals surface area (Å²) >= 11 is 0. The molecule has 1 saturated heterocycles. The predicted octanol–water partition coefficient (Wildman–Crippen LogP) is 2.23. The molecule has 1 amide bonds. The summed E-state index contributed by atoms with van der Waals surface area (Å²) in [7, 11) is 0. The van der Waals surface area contributed by atoms with Crippen molar-refractivity contribution in [2.24, 2.45) is 0 Å². The number of fused-ring (bicyclic) bond motifs is 1. The average Bonchev–Trinajstić information content (AvgIpc) is 2.87. The Morgan fingerprint density at radius 2 is 2.29 bits per heavy atom. The Morgan fingerprint density at radius 3 is 3.06 bits per heavy atom. The van der Waals surface area contributed by atoms with Gasteiger partial charge >= 0.3 is 0 Å². The van der Waals surface area contributed by atoms with Crippen molar-refractivity contribution in [1.29, 1.82) is 0 Å². The molecule has 3 nitrogen and oxygen atoms in total. The van der Waals surface area contributed by atoms with E-state index in [1.165, 1.54) is 16.5 Å². The molecule has 1 N–H and O–H groups in total. The maximum atomic E-state index is 11.2. The Balaban J connectivity index is 1.90. The third-order valence-electron chi connectivity index (χ3n) is 3.43. The topological polar surface area (TPSA) is 34.0 Å². The monoisotopic (exact) mass is 228 g/mol. The van der Waals surface area contributed by atoms with Gasteiger partial charge in [0.2, 0.25) is 5.91 Å². The lowest BCUT2D eigenvalue weighted by Gasteiger charge is -2.12. The van der Waals surface area contributed by atoms with E-state index < -0.39 is 0 Å². The summed E-state index contributed by atoms with van der Waals surface area (Å²) in [6.07, 6.45) is 3.72. The lowest BCUT2D eigenvalue weighted by molar-refractivity contribution is -0.119. The molecule has 1 aliphatic heterocycles. The summed E-state index contributed by atoms with van der Waals surface area (Å²) in [6.45, 7) is 2.98. The van der Waals surface area contributed by atoms with Crippen molar-refractivity contribution in [1.82, 2.24) is 9.88 Å². The number of benzene rings is 1. The highest BCUT2D eigenvalue weighted by molar-refractivity contribution is 5.81. The van der Waals surface area contributed by atoms with Gasteiger partial charge in [-0.25, -0.2) is 0 Å². The summed E-state index contributed by atoms with van der Waals surface area (Å²) in [6, 6.07) is 8.90. The number of amides is 1. The van der Waals surface area contributed by atoms with E-state index in [1.807, 2.05) is 0 Å². The summed E-state index contributed by atoms with van der Waals surface area (Å²) in [4.78, 5) is 11.2. The summed E-state index contributed by atoms with van der Waals surface area (Å²) in [5.41, 5.74) is 2.53. The van der Waals surface area contributed by atoms with Crippen LogP contribution in [0.25, 0.3) is 10.9 Å². The lowest BCUT2D eigenvalue weighted by Crippen LogP contribution is -2.29. The summed E-state index contributed by atoms with van der Waals surface area (Å²) < 4.78 is 2.23. The van der Waals surface area contributed by atoms with Gasteiger partial charge in [-0.3, -0.25) is 4.79 Å². The van der Waals surface area contributed by atoms with Crippen molar-refractivity contribution in [3.63, 3.8) is 0 Å². The molecule has 0 radical (unpaired) electrons. The molecule has 0 saturated carbocycles. The fourth-order valence-corrected chi connectivity index (χ4v) is 2.50. The van der Waals surface area contributed by atoms with E-state index in [-0.39, 0.29) is 5.91 Å². The standard InChI is InChI=1S/C14H16N2O/c1-10-2-3-11-6-7-16(13(11)8-10)9-12-4-5-14(17)15-12/h2-3,6-8,12H,4-5,9H2,1H3,(H,15,17). The molecule has 1 aromatic heterocycles. The zero-order chi connectivity index (χ0) is 11.8. The smallest absolute Gasteiger partial charge is 0.220 e. The Labute approximate surface area is 100 Å². The normalized spacial score (nSPS) is 19.8. The second kappa shape index (κ2) is 3.91. The molecule has 3 heteroatoms. The molecule has 0 bridgehead atoms. The van der Waals surface area contributed by atoms with Crippen LogP contribution in [0.15, 0.2) is 30.5 Å². The van der Waals surface area contributed by atoms with Gasteiger partial charge in [-0.15, -0.1) is 0 Å². The van der Waals surface area contributed by atoms with Gasteiger partial charge < -0.3 is 9.88 Å². The number of carbonyl (C=O) groups excluding carboxylic acids is 1. The first-order valence-electron chi connectivity index (χ1n) is 6.07. The SMILES string of the molecule is Cc1ccc2ccn(CC3CCC(=O)N3)c2c1. The van der Waals surface area contributed by atoms with Crippen molar-refractivity contribution in [2.75, 3.05) is 0 Å². The van der Waals surface area contributed by atoms with Crippen LogP contribution in [0.3, 0.4) is 0 Å². The van der Waals surface area contributed by atoms with Gasteiger partial charge in [0.15, 0.2) is 0 Å². The highest BCUT2D eigenvalue weighted by Crippen LogP contribution is 2.19. The van der Waals surface area contributed by atoms with Gasteiger partial charge in [0.1, 0.15) is 0 Å². The van der Waals surface area contributed by atoms with Crippen molar-refractivity contribution in [3.05, 3.63) is 36.0 Å². The van der Waals surface area contributed by atoms with Crippen LogP contribution in [0.4, 0.5) is 0 Å². The maximum Gasteiger partial charge on any atom is 0.220 e. The molecular formula is C14H16N2O. The fraction of sp³-hybridized carbons (Fsp3) is 0.357. The number of rotatable bonds is 2. The zero-order valence-electron chi connectivity index (χ0n) is 9.94. The Hall–Kier alpha value is -1.77. The molecule has 1 atom stereocenters. The number of aromatic nitrogens is 1. The van der Waals surface area contributed by atoms with E-state index in [1.54, 1.807) is 0 Å². The average molecular weight is 228 g/mol. The third-order valence-corrected chi connectivity index (χ3v) is 3.43. The van der Waals surface area contributed by atoms with Gasteiger partial charge in [0.05, 0.1) is 0 Å². The van der Waals surface area contributed by atoms with E-state index in [4.69, 9.17) is 0 Å². The van der Waals surface area contributed by atoms with Gasteiger partial charge in [-0.2, -0.15) is 0 Å². The zero-order valence-corrected chi connectivity index (χ0v) is 9.94. The van der Waals surface area contributed by atoms with Gasteiger partial charge in [-0.1, -0.05) is 12.1 Å². The second-order valence-corrected chi connectivity index (χ2v) is 4.83. The third kappa shape index (κ3) is 1.93. The molecule has 0 aliphatic carbocycles. The Bertz CT molecular complexity index is 571. The van der Waals surface area contributed by atoms with Crippen LogP contribution in [0, 0.1) is 6.92 Å². The largest absolute Gasteiger partial charge is 0.352 e. The number of nitrogens with zero attached hydrogens (tertiary/aromatic N) is 1. The van der Waals surface area contributed by atoms with Crippen LogP contribution in [-0.4, -0.2) is 16.5 Å². The number of aryl methyl sites for hydroxylation is 1. The Morgan fingerprint density at radius 1 is 1.41 bits per heavy atom. The van der Waals surface area contributed by atoms with Crippen molar-refractivity contribution < 1.29 is 4.79 Å². The minimum Gasteiger partial charge on any atom is -0.352 e. The molecule has 17 heavy (non-hydrogen) atoms. The molecule has 1 fully saturated rings. The molecule has 3 rings (SSSR count). The fourth-order valence-electron chi connectivity index (χ4n) is 2.50. The molecule has 1 unspecified atom stereocenters. The first-order valence-corrected chi connectivity index (χ1v) is 6.07. The van der Waals surface area contributed by atoms with Gasteiger partial charge in [-0.05, 0) is 36.4 Å². The number of hydrogen-bond donors (Lipinski definition) is 1. The second-order valence-electron chi connectivity index (χ2n) is 4.83. The van der Waals surface area contributed by atoms with E-state index >= 15 is 0 Å². The van der Waals surface area contributed by atoms with Crippen molar-refractivity contribution >= 4 is 16.8 Å². The lowest BCUT2D eigenvalue weighted by atomic mass is 10.2. The molecule has 2 heterocycles. The first kappa shape index (κ1) is 10.4. The minimum absolute atomic E-state index is 0.183. The molecular weight excluding hydrogens is 212 g/mol. The van der Waals surface area contributed by atoms with Crippen LogP contribution in [0.2, 0.25) is 0 Å². The molecule has 0 spiro atoms. The highest BCUT2D eigenvalue weighted by atomic mass is 16.1. The summed E-state index contributed by atoms with van der Waals surface area (Å²) in [5, 5.41) is 4.28. The predicted molar refractivity (Wildman–Crippen MR) is 67.8 cm³/mol. The van der Waals surface area contributed by atoms with Gasteiger partial charge in [0, 0.05) is 30.7 Å². The van der Waals surface area contributed by atoms with Gasteiger partial charge in [0.25, 0.3) is 0 Å². The Kier molecular flexibility index (Phi) is 2.39. The van der Waals surface area contributed by atoms with E-state index in [2.05, 4.69) is 47.3 Å². The van der Waals surface area contributed by atoms with E-state index in [0.717, 1.165) is 13.0 Å². The maximum absolute atomic E-state index is 11.2. The molecule has 1 aliphatic rings. The molecule has 88 valence electrons. The summed E-state index contributed by atoms with van der Waals surface area (Å²) in [5.74, 6) is 0.183. The highest BCUT2D eigenvalue weighted by Gasteiger charge is 2.21. The van der Waals surface area contributed by atoms with Crippen LogP contribution in [-0.2, 0) is 11.3 Å². The first-order chi connectivity index (χ1) is 8.22. The van der Waals surface area contributed by atoms with E-state index in [9.17, 15) is 4.79 Å². The number of carbonyl (C=O) groups is 1. The van der Waals surface area contributed by atoms with Crippen molar-refractivity contribution in [2.45, 2.75) is 32.4 Å². The molecule has 2 aromatic rings. The number of nitrogens with one attached hydrogen (secondary N) is 1. The quantitative estimate of drug-likeness (QED) is 0.840. The molecule has 1 aromatic carbocycles. The van der Waals surface area contributed by atoms with Crippen LogP contribution < -0.4 is 5.32 Å². The minimum atomic E-state index is 0.183. The van der Waals surface area contributed by atoms with E-state index in [0.29, 0.717) is 12.5 Å². The van der Waals surface area contributed by atoms with Crippen LogP contribution in [0.1, 0.15) is 18.4 Å². The van der Waals surface area contributed by atoms with Crippen LogP contribution in [0.5, 0.6) is 0 Å². The number of hydrogen-bond acceptors (Lipinski definition) is 1. The van der Waals surface area contributed by atoms with Crippen LogP contribution >= 0.6 is 0 Å².